The zero-order chi connectivity index (χ0) is 22.8. The molecular weight excluding hydrogens is 418 g/mol. The summed E-state index contributed by atoms with van der Waals surface area (Å²) >= 11 is 0. The average molecular weight is 444 g/mol. The van der Waals surface area contributed by atoms with Gasteiger partial charge in [-0.05, 0) is 19.4 Å². The van der Waals surface area contributed by atoms with Gasteiger partial charge >= 0.3 is 6.01 Å². The minimum atomic E-state index is 0.239. The van der Waals surface area contributed by atoms with Crippen LogP contribution >= 0.6 is 0 Å². The summed E-state index contributed by atoms with van der Waals surface area (Å²) in [6.45, 7) is 4.15. The van der Waals surface area contributed by atoms with Crippen molar-refractivity contribution in [1.82, 2.24) is 30.2 Å². The Hall–Kier alpha value is -3.97. The van der Waals surface area contributed by atoms with Crippen molar-refractivity contribution >= 4 is 33.4 Å². The van der Waals surface area contributed by atoms with E-state index in [1.54, 1.807) is 12.4 Å². The van der Waals surface area contributed by atoms with Gasteiger partial charge in [-0.2, -0.15) is 15.2 Å². The molecule has 4 heterocycles. The summed E-state index contributed by atoms with van der Waals surface area (Å²) in [5.74, 6) is 1.98. The van der Waals surface area contributed by atoms with Gasteiger partial charge in [-0.3, -0.25) is 0 Å². The van der Waals surface area contributed by atoms with Crippen molar-refractivity contribution in [1.29, 1.82) is 5.26 Å². The molecule has 1 fully saturated rings. The van der Waals surface area contributed by atoms with Crippen molar-refractivity contribution in [3.63, 3.8) is 0 Å². The number of rotatable bonds is 7. The molecule has 0 saturated carbocycles. The predicted molar refractivity (Wildman–Crippen MR) is 127 cm³/mol. The first kappa shape index (κ1) is 20.9. The lowest BCUT2D eigenvalue weighted by Gasteiger charge is -2.19. The van der Waals surface area contributed by atoms with Crippen molar-refractivity contribution in [2.75, 3.05) is 36.9 Å². The summed E-state index contributed by atoms with van der Waals surface area (Å²) in [6, 6.07) is 8.85. The standard InChI is InChI=1S/C23H25N9O/c1-14-27-11-16(12-28-14)33-23-30-21-19(17-5-3-6-18(25-2)20(17)29-21)22(31-23)32-10-7-15(13-32)26-9-4-8-24/h3,5-6,11-12,15,25-26H,4,7,9-10,13H2,1-2H3,(H,29,30,31)/t15-/m1/s1. The van der Waals surface area contributed by atoms with Crippen LogP contribution in [0.25, 0.3) is 21.9 Å². The van der Waals surface area contributed by atoms with Gasteiger partial charge in [-0.15, -0.1) is 0 Å². The summed E-state index contributed by atoms with van der Waals surface area (Å²) in [5.41, 5.74) is 2.68. The Morgan fingerprint density at radius 1 is 1.27 bits per heavy atom. The maximum Gasteiger partial charge on any atom is 0.326 e. The number of fused-ring (bicyclic) bond motifs is 3. The lowest BCUT2D eigenvalue weighted by atomic mass is 10.1. The first-order chi connectivity index (χ1) is 16.2. The predicted octanol–water partition coefficient (Wildman–Crippen LogP) is 3.13. The number of nitrogens with zero attached hydrogens (tertiary/aromatic N) is 6. The number of H-pyrrole nitrogens is 1. The molecule has 0 aliphatic carbocycles. The highest BCUT2D eigenvalue weighted by atomic mass is 16.5. The van der Waals surface area contributed by atoms with Gasteiger partial charge in [-0.25, -0.2) is 9.97 Å². The molecule has 1 aliphatic heterocycles. The van der Waals surface area contributed by atoms with E-state index in [9.17, 15) is 0 Å². The van der Waals surface area contributed by atoms with Gasteiger partial charge in [0, 0.05) is 44.5 Å². The number of aromatic nitrogens is 5. The van der Waals surface area contributed by atoms with Gasteiger partial charge in [-0.1, -0.05) is 12.1 Å². The second-order valence-corrected chi connectivity index (χ2v) is 8.02. The van der Waals surface area contributed by atoms with E-state index in [1.165, 1.54) is 0 Å². The zero-order valence-electron chi connectivity index (χ0n) is 18.6. The Labute approximate surface area is 191 Å². The van der Waals surface area contributed by atoms with Gasteiger partial charge in [0.05, 0.1) is 35.1 Å². The van der Waals surface area contributed by atoms with Gasteiger partial charge in [0.25, 0.3) is 0 Å². The molecule has 33 heavy (non-hydrogen) atoms. The largest absolute Gasteiger partial charge is 0.421 e. The second kappa shape index (κ2) is 8.88. The molecule has 1 aromatic carbocycles. The number of ether oxygens (including phenoxy) is 1. The molecule has 0 unspecified atom stereocenters. The molecule has 0 radical (unpaired) electrons. The number of anilines is 2. The second-order valence-electron chi connectivity index (χ2n) is 8.02. The van der Waals surface area contributed by atoms with E-state index >= 15 is 0 Å². The molecular formula is C23H25N9O. The van der Waals surface area contributed by atoms with Crippen molar-refractivity contribution in [3.05, 3.63) is 36.4 Å². The number of nitriles is 1. The van der Waals surface area contributed by atoms with Crippen molar-refractivity contribution < 1.29 is 4.74 Å². The van der Waals surface area contributed by atoms with Crippen LogP contribution in [0.5, 0.6) is 11.8 Å². The number of aromatic amines is 1. The van der Waals surface area contributed by atoms with Gasteiger partial charge < -0.3 is 25.3 Å². The molecule has 10 nitrogen and oxygen atoms in total. The van der Waals surface area contributed by atoms with E-state index < -0.39 is 0 Å². The summed E-state index contributed by atoms with van der Waals surface area (Å²) in [7, 11) is 1.90. The molecule has 10 heteroatoms. The Bertz CT molecular complexity index is 1330. The molecule has 0 amide bonds. The highest BCUT2D eigenvalue weighted by Gasteiger charge is 2.27. The minimum Gasteiger partial charge on any atom is -0.421 e. The molecule has 0 bridgehead atoms. The molecule has 3 aromatic heterocycles. The Balaban J connectivity index is 1.57. The zero-order valence-corrected chi connectivity index (χ0v) is 18.6. The third-order valence-electron chi connectivity index (χ3n) is 5.84. The minimum absolute atomic E-state index is 0.239. The van der Waals surface area contributed by atoms with Crippen LogP contribution in [-0.4, -0.2) is 57.6 Å². The third kappa shape index (κ3) is 4.10. The van der Waals surface area contributed by atoms with Crippen molar-refractivity contribution in [3.8, 4) is 17.8 Å². The van der Waals surface area contributed by atoms with Crippen LogP contribution in [-0.2, 0) is 0 Å². The first-order valence-corrected chi connectivity index (χ1v) is 11.0. The Morgan fingerprint density at radius 2 is 2.12 bits per heavy atom. The number of nitrogens with one attached hydrogen (secondary N) is 3. The summed E-state index contributed by atoms with van der Waals surface area (Å²) < 4.78 is 5.94. The topological polar surface area (TPSA) is 128 Å². The fourth-order valence-corrected chi connectivity index (χ4v) is 4.25. The van der Waals surface area contributed by atoms with Crippen molar-refractivity contribution in [2.24, 2.45) is 0 Å². The fourth-order valence-electron chi connectivity index (χ4n) is 4.25. The van der Waals surface area contributed by atoms with Gasteiger partial charge in [0.2, 0.25) is 0 Å². The molecule has 3 N–H and O–H groups in total. The molecule has 1 atom stereocenters. The van der Waals surface area contributed by atoms with Crippen molar-refractivity contribution in [2.45, 2.75) is 25.8 Å². The molecule has 5 rings (SSSR count). The van der Waals surface area contributed by atoms with Crippen LogP contribution in [0, 0.1) is 18.3 Å². The smallest absolute Gasteiger partial charge is 0.326 e. The van der Waals surface area contributed by atoms with E-state index in [0.29, 0.717) is 36.2 Å². The average Bonchev–Trinajstić information content (AvgIpc) is 3.45. The normalized spacial score (nSPS) is 15.8. The molecule has 168 valence electrons. The number of hydrogen-bond acceptors (Lipinski definition) is 9. The van der Waals surface area contributed by atoms with Crippen LogP contribution < -0.4 is 20.3 Å². The highest BCUT2D eigenvalue weighted by molar-refractivity contribution is 6.14. The summed E-state index contributed by atoms with van der Waals surface area (Å²) in [6.07, 6.45) is 4.71. The van der Waals surface area contributed by atoms with Crippen LogP contribution in [0.3, 0.4) is 0 Å². The lowest BCUT2D eigenvalue weighted by Crippen LogP contribution is -2.33. The molecule has 0 spiro atoms. The Morgan fingerprint density at radius 3 is 2.91 bits per heavy atom. The van der Waals surface area contributed by atoms with Crippen LogP contribution in [0.2, 0.25) is 0 Å². The number of hydrogen-bond donors (Lipinski definition) is 3. The van der Waals surface area contributed by atoms with Gasteiger partial charge in [0.1, 0.15) is 17.3 Å². The fraction of sp³-hybridized carbons (Fsp3) is 0.348. The Kier molecular flexibility index (Phi) is 5.62. The lowest BCUT2D eigenvalue weighted by molar-refractivity contribution is 0.439. The van der Waals surface area contributed by atoms with Crippen LogP contribution in [0.4, 0.5) is 11.5 Å². The maximum atomic E-state index is 8.83. The number of para-hydroxylation sites is 1. The van der Waals surface area contributed by atoms with Crippen LogP contribution in [0.1, 0.15) is 18.7 Å². The number of aryl methyl sites for hydroxylation is 1. The quantitative estimate of drug-likeness (QED) is 0.369. The summed E-state index contributed by atoms with van der Waals surface area (Å²) in [4.78, 5) is 23.6. The molecule has 4 aromatic rings. The SMILES string of the molecule is CNc1cccc2c1[nH]c1nc(Oc3cnc(C)nc3)nc(N3CC[C@@H](NCCC#N)C3)c12. The van der Waals surface area contributed by atoms with E-state index in [0.717, 1.165) is 47.3 Å². The third-order valence-corrected chi connectivity index (χ3v) is 5.84. The highest BCUT2D eigenvalue weighted by Crippen LogP contribution is 2.37. The maximum absolute atomic E-state index is 8.83. The molecule has 1 saturated heterocycles. The number of benzene rings is 1. The monoisotopic (exact) mass is 443 g/mol. The first-order valence-electron chi connectivity index (χ1n) is 11.0. The van der Waals surface area contributed by atoms with E-state index in [1.807, 2.05) is 26.1 Å². The summed E-state index contributed by atoms with van der Waals surface area (Å²) in [5, 5.41) is 17.5. The van der Waals surface area contributed by atoms with E-state index in [4.69, 9.17) is 15.0 Å². The van der Waals surface area contributed by atoms with E-state index in [2.05, 4.69) is 47.6 Å². The van der Waals surface area contributed by atoms with Gasteiger partial charge in [0.15, 0.2) is 5.75 Å². The van der Waals surface area contributed by atoms with E-state index in [-0.39, 0.29) is 6.01 Å². The van der Waals surface area contributed by atoms with Crippen LogP contribution in [0.15, 0.2) is 30.6 Å². The molecule has 1 aliphatic rings.